The molecule has 2 heterocycles. The highest BCUT2D eigenvalue weighted by atomic mass is 32.1. The van der Waals surface area contributed by atoms with Crippen LogP contribution in [0.2, 0.25) is 0 Å². The number of hydrogen-bond donors (Lipinski definition) is 1. The van der Waals surface area contributed by atoms with Crippen molar-refractivity contribution in [2.45, 2.75) is 6.42 Å². The maximum absolute atomic E-state index is 9.00. The molecule has 0 aliphatic heterocycles. The Bertz CT molecular complexity index is 684. The molecular weight excluding hydrogens is 244 g/mol. The first-order chi connectivity index (χ1) is 8.79. The van der Waals surface area contributed by atoms with Crippen LogP contribution >= 0.6 is 11.3 Å². The van der Waals surface area contributed by atoms with Crippen molar-refractivity contribution in [1.82, 2.24) is 9.55 Å². The Balaban J connectivity index is 2.11. The van der Waals surface area contributed by atoms with Gasteiger partial charge >= 0.3 is 0 Å². The van der Waals surface area contributed by atoms with Crippen molar-refractivity contribution < 1.29 is 5.11 Å². The third-order valence-electron chi connectivity index (χ3n) is 3.06. The Hall–Kier alpha value is -1.65. The van der Waals surface area contributed by atoms with Crippen LogP contribution in [0.3, 0.4) is 0 Å². The number of imidazole rings is 1. The highest BCUT2D eigenvalue weighted by Crippen LogP contribution is 2.33. The molecule has 0 aliphatic rings. The Kier molecular flexibility index (Phi) is 2.89. The standard InChI is InChI=1S/C14H14N2OS/c1-16-8-12(15-14(16)6-7-17)11-9-18-13-5-3-2-4-10(11)13/h2-5,8-9,17H,6-7H2,1H3. The third-order valence-corrected chi connectivity index (χ3v) is 4.03. The summed E-state index contributed by atoms with van der Waals surface area (Å²) < 4.78 is 3.26. The lowest BCUT2D eigenvalue weighted by molar-refractivity contribution is 0.295. The molecule has 0 saturated heterocycles. The average Bonchev–Trinajstić information content (AvgIpc) is 2.94. The van der Waals surface area contributed by atoms with Crippen molar-refractivity contribution >= 4 is 21.4 Å². The quantitative estimate of drug-likeness (QED) is 0.784. The number of nitrogens with zero attached hydrogens (tertiary/aromatic N) is 2. The third kappa shape index (κ3) is 1.83. The zero-order chi connectivity index (χ0) is 12.5. The van der Waals surface area contributed by atoms with Gasteiger partial charge in [-0.2, -0.15) is 0 Å². The van der Waals surface area contributed by atoms with Gasteiger partial charge in [-0.25, -0.2) is 4.98 Å². The van der Waals surface area contributed by atoms with Crippen LogP contribution in [0, 0.1) is 0 Å². The Morgan fingerprint density at radius 2 is 2.17 bits per heavy atom. The smallest absolute Gasteiger partial charge is 0.111 e. The number of aliphatic hydroxyl groups excluding tert-OH is 1. The fourth-order valence-electron chi connectivity index (χ4n) is 2.14. The fraction of sp³-hybridized carbons (Fsp3) is 0.214. The highest BCUT2D eigenvalue weighted by molar-refractivity contribution is 7.17. The van der Waals surface area contributed by atoms with E-state index in [4.69, 9.17) is 5.11 Å². The van der Waals surface area contributed by atoms with Crippen LogP contribution in [-0.2, 0) is 13.5 Å². The second kappa shape index (κ2) is 4.55. The van der Waals surface area contributed by atoms with Crippen molar-refractivity contribution in [3.05, 3.63) is 41.7 Å². The minimum Gasteiger partial charge on any atom is -0.396 e. The minimum atomic E-state index is 0.134. The molecule has 2 aromatic heterocycles. The SMILES string of the molecule is Cn1cc(-c2csc3ccccc23)nc1CCO. The number of thiophene rings is 1. The molecular formula is C14H14N2OS. The molecule has 3 rings (SSSR count). The Morgan fingerprint density at radius 1 is 1.33 bits per heavy atom. The van der Waals surface area contributed by atoms with Crippen LogP contribution in [-0.4, -0.2) is 21.3 Å². The summed E-state index contributed by atoms with van der Waals surface area (Å²) in [4.78, 5) is 4.60. The summed E-state index contributed by atoms with van der Waals surface area (Å²) in [7, 11) is 1.97. The van der Waals surface area contributed by atoms with Gasteiger partial charge in [0.2, 0.25) is 0 Å². The van der Waals surface area contributed by atoms with E-state index < -0.39 is 0 Å². The maximum atomic E-state index is 9.00. The van der Waals surface area contributed by atoms with Crippen LogP contribution < -0.4 is 0 Å². The second-order valence-corrected chi connectivity index (χ2v) is 5.18. The minimum absolute atomic E-state index is 0.134. The second-order valence-electron chi connectivity index (χ2n) is 4.27. The van der Waals surface area contributed by atoms with Gasteiger partial charge in [0.1, 0.15) is 5.82 Å². The number of aliphatic hydroxyl groups is 1. The predicted molar refractivity (Wildman–Crippen MR) is 74.8 cm³/mol. The van der Waals surface area contributed by atoms with Crippen molar-refractivity contribution in [2.24, 2.45) is 7.05 Å². The average molecular weight is 258 g/mol. The summed E-state index contributed by atoms with van der Waals surface area (Å²) in [6, 6.07) is 8.36. The van der Waals surface area contributed by atoms with Crippen molar-refractivity contribution in [3.63, 3.8) is 0 Å². The number of benzene rings is 1. The summed E-state index contributed by atoms with van der Waals surface area (Å²) in [6.45, 7) is 0.134. The van der Waals surface area contributed by atoms with E-state index in [-0.39, 0.29) is 6.61 Å². The zero-order valence-electron chi connectivity index (χ0n) is 10.1. The summed E-state index contributed by atoms with van der Waals surface area (Å²) in [5.74, 6) is 0.919. The molecule has 92 valence electrons. The van der Waals surface area contributed by atoms with E-state index in [1.165, 1.54) is 15.6 Å². The first-order valence-corrected chi connectivity index (χ1v) is 6.77. The van der Waals surface area contributed by atoms with Gasteiger partial charge < -0.3 is 9.67 Å². The van der Waals surface area contributed by atoms with Crippen LogP contribution in [0.4, 0.5) is 0 Å². The molecule has 0 aliphatic carbocycles. The van der Waals surface area contributed by atoms with Gasteiger partial charge in [0.15, 0.2) is 0 Å². The zero-order valence-corrected chi connectivity index (χ0v) is 10.9. The lowest BCUT2D eigenvalue weighted by atomic mass is 10.1. The molecule has 4 heteroatoms. The number of hydrogen-bond acceptors (Lipinski definition) is 3. The molecule has 18 heavy (non-hydrogen) atoms. The summed E-state index contributed by atoms with van der Waals surface area (Å²) >= 11 is 1.74. The molecule has 0 amide bonds. The van der Waals surface area contributed by atoms with Gasteiger partial charge in [0.25, 0.3) is 0 Å². The van der Waals surface area contributed by atoms with Crippen LogP contribution in [0.5, 0.6) is 0 Å². The lowest BCUT2D eigenvalue weighted by Gasteiger charge is -1.95. The van der Waals surface area contributed by atoms with Crippen molar-refractivity contribution in [1.29, 1.82) is 0 Å². The summed E-state index contributed by atoms with van der Waals surface area (Å²) in [5, 5.41) is 12.4. The summed E-state index contributed by atoms with van der Waals surface area (Å²) in [5.41, 5.74) is 2.16. The van der Waals surface area contributed by atoms with E-state index in [0.29, 0.717) is 6.42 Å². The van der Waals surface area contributed by atoms with Gasteiger partial charge in [-0.1, -0.05) is 18.2 Å². The van der Waals surface area contributed by atoms with E-state index >= 15 is 0 Å². The molecule has 3 aromatic rings. The molecule has 0 unspecified atom stereocenters. The first kappa shape index (κ1) is 11.4. The topological polar surface area (TPSA) is 38.0 Å². The van der Waals surface area contributed by atoms with Crippen molar-refractivity contribution in [3.8, 4) is 11.3 Å². The largest absolute Gasteiger partial charge is 0.396 e. The summed E-state index contributed by atoms with van der Waals surface area (Å²) in [6.07, 6.45) is 2.62. The van der Waals surface area contributed by atoms with Gasteiger partial charge in [0.05, 0.1) is 12.3 Å². The molecule has 1 aromatic carbocycles. The molecule has 0 atom stereocenters. The van der Waals surface area contributed by atoms with Crippen LogP contribution in [0.1, 0.15) is 5.82 Å². The lowest BCUT2D eigenvalue weighted by Crippen LogP contribution is -1.99. The van der Waals surface area contributed by atoms with E-state index in [1.807, 2.05) is 17.8 Å². The molecule has 0 fully saturated rings. The van der Waals surface area contributed by atoms with E-state index in [1.54, 1.807) is 11.3 Å². The molecule has 0 bridgehead atoms. The molecule has 0 spiro atoms. The van der Waals surface area contributed by atoms with Crippen LogP contribution in [0.15, 0.2) is 35.8 Å². The highest BCUT2D eigenvalue weighted by Gasteiger charge is 2.11. The monoisotopic (exact) mass is 258 g/mol. The molecule has 3 nitrogen and oxygen atoms in total. The normalized spacial score (nSPS) is 11.2. The van der Waals surface area contributed by atoms with E-state index in [0.717, 1.165) is 11.5 Å². The Labute approximate surface area is 109 Å². The number of fused-ring (bicyclic) bond motifs is 1. The Morgan fingerprint density at radius 3 is 3.00 bits per heavy atom. The predicted octanol–water partition coefficient (Wildman–Crippen LogP) is 2.84. The van der Waals surface area contributed by atoms with Gasteiger partial charge in [-0.05, 0) is 6.07 Å². The van der Waals surface area contributed by atoms with E-state index in [9.17, 15) is 0 Å². The molecule has 1 N–H and O–H groups in total. The maximum Gasteiger partial charge on any atom is 0.111 e. The van der Waals surface area contributed by atoms with Gasteiger partial charge in [0, 0.05) is 40.7 Å². The van der Waals surface area contributed by atoms with Crippen LogP contribution in [0.25, 0.3) is 21.3 Å². The molecule has 0 saturated carbocycles. The number of aromatic nitrogens is 2. The number of aryl methyl sites for hydroxylation is 1. The molecule has 0 radical (unpaired) electrons. The van der Waals surface area contributed by atoms with E-state index in [2.05, 4.69) is 34.6 Å². The fourth-order valence-corrected chi connectivity index (χ4v) is 3.10. The van der Waals surface area contributed by atoms with Gasteiger partial charge in [-0.3, -0.25) is 0 Å². The van der Waals surface area contributed by atoms with Crippen molar-refractivity contribution in [2.75, 3.05) is 6.61 Å². The van der Waals surface area contributed by atoms with Gasteiger partial charge in [-0.15, -0.1) is 11.3 Å². The first-order valence-electron chi connectivity index (χ1n) is 5.89. The number of rotatable bonds is 3.